The molecule has 0 aliphatic carbocycles. The number of hydrogen-bond donors (Lipinski definition) is 6. The first-order valence-electron chi connectivity index (χ1n) is 12.4. The van der Waals surface area contributed by atoms with Crippen LogP contribution in [0.2, 0.25) is 5.02 Å². The highest BCUT2D eigenvalue weighted by Gasteiger charge is 2.23. The first kappa shape index (κ1) is 31.4. The Labute approximate surface area is 245 Å². The summed E-state index contributed by atoms with van der Waals surface area (Å²) < 4.78 is 10.5. The molecule has 3 aromatic rings. The second-order valence-electron chi connectivity index (χ2n) is 8.85. The zero-order valence-electron chi connectivity index (χ0n) is 22.1. The normalized spacial score (nSPS) is 11.1. The van der Waals surface area contributed by atoms with Crippen molar-refractivity contribution in [1.82, 2.24) is 5.32 Å². The van der Waals surface area contributed by atoms with Crippen LogP contribution in [-0.2, 0) is 32.1 Å². The van der Waals surface area contributed by atoms with E-state index in [1.165, 1.54) is 30.3 Å². The van der Waals surface area contributed by atoms with Crippen molar-refractivity contribution >= 4 is 47.1 Å². The summed E-state index contributed by atoms with van der Waals surface area (Å²) in [6, 6.07) is 16.1. The molecule has 3 aromatic carbocycles. The van der Waals surface area contributed by atoms with Gasteiger partial charge in [0.05, 0.1) is 5.56 Å². The summed E-state index contributed by atoms with van der Waals surface area (Å²) in [5.41, 5.74) is 7.35. The van der Waals surface area contributed by atoms with E-state index >= 15 is 0 Å². The molecule has 0 heterocycles. The van der Waals surface area contributed by atoms with Gasteiger partial charge in [-0.05, 0) is 66.1 Å². The lowest BCUT2D eigenvalue weighted by molar-refractivity contribution is -0.148. The number of carbonyl (C=O) groups excluding carboxylic acids is 3. The zero-order chi connectivity index (χ0) is 30.6. The number of nitrogens with one attached hydrogen (secondary N) is 3. The highest BCUT2D eigenvalue weighted by molar-refractivity contribution is 6.31. The fraction of sp³-hybridized carbons (Fsp3) is 0.179. The summed E-state index contributed by atoms with van der Waals surface area (Å²) in [6.45, 7) is -0.494. The van der Waals surface area contributed by atoms with E-state index in [-0.39, 0.29) is 41.6 Å². The summed E-state index contributed by atoms with van der Waals surface area (Å²) in [7, 11) is 0. The van der Waals surface area contributed by atoms with E-state index in [4.69, 9.17) is 43.2 Å². The van der Waals surface area contributed by atoms with Gasteiger partial charge in [0.25, 0.3) is 0 Å². The summed E-state index contributed by atoms with van der Waals surface area (Å²) in [4.78, 5) is 52.2. The van der Waals surface area contributed by atoms with Crippen molar-refractivity contribution in [3.05, 3.63) is 88.4 Å². The van der Waals surface area contributed by atoms with Gasteiger partial charge in [-0.15, -0.1) is 0 Å². The van der Waals surface area contributed by atoms with Crippen molar-refractivity contribution < 1.29 is 38.6 Å². The molecular formula is C28H28ClN5O8. The number of carboxylic acid groups (broad SMARTS) is 1. The third-order valence-electron chi connectivity index (χ3n) is 5.72. The number of carbonyl (C=O) groups is 4. The van der Waals surface area contributed by atoms with Gasteiger partial charge in [0.1, 0.15) is 17.5 Å². The number of amides is 1. The minimum Gasteiger partial charge on any atom is -0.482 e. The lowest BCUT2D eigenvalue weighted by Crippen LogP contribution is -2.44. The van der Waals surface area contributed by atoms with Crippen LogP contribution in [0.1, 0.15) is 27.9 Å². The van der Waals surface area contributed by atoms with E-state index in [1.54, 1.807) is 36.4 Å². The number of benzene rings is 3. The third-order valence-corrected chi connectivity index (χ3v) is 6.07. The molecule has 0 spiro atoms. The van der Waals surface area contributed by atoms with Crippen molar-refractivity contribution in [3.8, 4) is 11.5 Å². The molecule has 0 saturated heterocycles. The number of nitrogens with two attached hydrogens (primary N) is 2. The maximum atomic E-state index is 12.6. The maximum absolute atomic E-state index is 12.6. The van der Waals surface area contributed by atoms with Crippen LogP contribution in [0.25, 0.3) is 0 Å². The second kappa shape index (κ2) is 15.0. The first-order valence-corrected chi connectivity index (χ1v) is 12.8. The van der Waals surface area contributed by atoms with Crippen LogP contribution < -0.4 is 31.7 Å². The van der Waals surface area contributed by atoms with E-state index in [9.17, 15) is 19.2 Å². The molecule has 0 saturated carbocycles. The number of aryl methyl sites for hydroxylation is 1. The van der Waals surface area contributed by atoms with Gasteiger partial charge in [-0.3, -0.25) is 10.2 Å². The predicted molar refractivity (Wildman–Crippen MR) is 152 cm³/mol. The molecule has 0 fully saturated rings. The van der Waals surface area contributed by atoms with Crippen LogP contribution in [0, 0.1) is 5.41 Å². The fourth-order valence-electron chi connectivity index (χ4n) is 3.70. The number of guanidine groups is 1. The Morgan fingerprint density at radius 1 is 0.976 bits per heavy atom. The Balaban J connectivity index is 1.54. The first-order chi connectivity index (χ1) is 20.0. The zero-order valence-corrected chi connectivity index (χ0v) is 22.9. The Morgan fingerprint density at radius 2 is 1.64 bits per heavy atom. The molecular weight excluding hydrogens is 570 g/mol. The lowest BCUT2D eigenvalue weighted by Gasteiger charge is -2.16. The van der Waals surface area contributed by atoms with Crippen LogP contribution in [0.5, 0.6) is 11.5 Å². The van der Waals surface area contributed by atoms with Crippen LogP contribution in [0.4, 0.5) is 5.69 Å². The molecule has 0 aliphatic rings. The van der Waals surface area contributed by atoms with Gasteiger partial charge < -0.3 is 35.8 Å². The number of anilines is 1. The molecule has 14 heteroatoms. The summed E-state index contributed by atoms with van der Waals surface area (Å²) in [6.07, 6.45) is 0.275. The van der Waals surface area contributed by atoms with Gasteiger partial charge in [0.15, 0.2) is 12.6 Å². The quantitative estimate of drug-likeness (QED) is 0.0552. The minimum absolute atomic E-state index is 0.0180. The van der Waals surface area contributed by atoms with Crippen molar-refractivity contribution in [3.63, 3.8) is 0 Å². The van der Waals surface area contributed by atoms with Crippen LogP contribution >= 0.6 is 11.6 Å². The molecule has 220 valence electrons. The number of halogens is 1. The molecule has 0 unspecified atom stereocenters. The smallest absolute Gasteiger partial charge is 0.347 e. The molecule has 1 atom stereocenters. The Hall–Kier alpha value is -5.14. The van der Waals surface area contributed by atoms with E-state index < -0.39 is 36.5 Å². The second-order valence-corrected chi connectivity index (χ2v) is 9.25. The Kier molecular flexibility index (Phi) is 11.2. The predicted octanol–water partition coefficient (Wildman–Crippen LogP) is 2.40. The van der Waals surface area contributed by atoms with E-state index in [0.29, 0.717) is 22.6 Å². The molecule has 42 heavy (non-hydrogen) atoms. The fourth-order valence-corrected chi connectivity index (χ4v) is 3.96. The number of aliphatic carboxylic acids is 1. The number of rotatable bonds is 13. The average Bonchev–Trinajstić information content (AvgIpc) is 2.95. The van der Waals surface area contributed by atoms with E-state index in [2.05, 4.69) is 15.5 Å². The van der Waals surface area contributed by atoms with Crippen molar-refractivity contribution in [2.45, 2.75) is 25.3 Å². The van der Waals surface area contributed by atoms with Gasteiger partial charge >= 0.3 is 17.9 Å². The lowest BCUT2D eigenvalue weighted by atomic mass is 10.0. The van der Waals surface area contributed by atoms with Crippen LogP contribution in [0.3, 0.4) is 0 Å². The third kappa shape index (κ3) is 9.80. The van der Waals surface area contributed by atoms with Crippen molar-refractivity contribution in [1.29, 1.82) is 5.41 Å². The Morgan fingerprint density at radius 3 is 2.24 bits per heavy atom. The minimum atomic E-state index is -1.11. The summed E-state index contributed by atoms with van der Waals surface area (Å²) in [5, 5.41) is 21.4. The van der Waals surface area contributed by atoms with Crippen molar-refractivity contribution in [2.24, 2.45) is 11.6 Å². The van der Waals surface area contributed by atoms with Gasteiger partial charge in [-0.25, -0.2) is 14.4 Å². The number of esters is 1. The van der Waals surface area contributed by atoms with Gasteiger partial charge in [-0.1, -0.05) is 29.8 Å². The molecule has 0 aliphatic heterocycles. The number of carboxylic acids is 1. The summed E-state index contributed by atoms with van der Waals surface area (Å²) in [5.74, 6) is 2.31. The largest absolute Gasteiger partial charge is 0.482 e. The molecule has 3 rings (SSSR count). The maximum Gasteiger partial charge on any atom is 0.347 e. The van der Waals surface area contributed by atoms with Crippen LogP contribution in [0.15, 0.2) is 66.7 Å². The Bertz CT molecular complexity index is 1450. The average molecular weight is 598 g/mol. The molecule has 0 radical (unpaired) electrons. The highest BCUT2D eigenvalue weighted by Crippen LogP contribution is 2.25. The topological polar surface area (TPSA) is 216 Å². The van der Waals surface area contributed by atoms with Crippen LogP contribution in [-0.4, -0.2) is 47.5 Å². The molecule has 13 nitrogen and oxygen atoms in total. The molecule has 1 amide bonds. The van der Waals surface area contributed by atoms with E-state index in [0.717, 1.165) is 0 Å². The molecule has 8 N–H and O–H groups in total. The molecule has 0 aromatic heterocycles. The van der Waals surface area contributed by atoms with Gasteiger partial charge in [0, 0.05) is 23.6 Å². The standard InChI is InChI=1S/C28H28ClN5O8/c29-22-14-21(41-26(38)18-3-7-19(8-4-18)33-28(30)31)11-5-17(22)6-12-24(35)34-23(27(39)42-32)13-16-1-9-20(10-2-16)40-15-25(36)37/h1-5,7-11,14,23H,6,12-13,15,32H2,(H,34,35)(H,36,37)(H4,30,31,33)/t23-/m0/s1. The highest BCUT2D eigenvalue weighted by atomic mass is 35.5. The summed E-state index contributed by atoms with van der Waals surface area (Å²) >= 11 is 6.35. The van der Waals surface area contributed by atoms with E-state index in [1.807, 2.05) is 0 Å². The van der Waals surface area contributed by atoms with Crippen molar-refractivity contribution in [2.75, 3.05) is 11.9 Å². The number of hydrogen-bond acceptors (Lipinski definition) is 9. The van der Waals surface area contributed by atoms with Gasteiger partial charge in [0.2, 0.25) is 5.91 Å². The number of ether oxygens (including phenoxy) is 2. The monoisotopic (exact) mass is 597 g/mol. The molecule has 0 bridgehead atoms. The van der Waals surface area contributed by atoms with Gasteiger partial charge in [-0.2, -0.15) is 5.90 Å². The SMILES string of the molecule is N=C(N)Nc1ccc(C(=O)Oc2ccc(CCC(=O)N[C@@H](Cc3ccc(OCC(=O)O)cc3)C(=O)ON)c(Cl)c2)cc1.